The Labute approximate surface area is 82.5 Å². The summed E-state index contributed by atoms with van der Waals surface area (Å²) in [7, 11) is -3.84. The van der Waals surface area contributed by atoms with Gasteiger partial charge in [0.2, 0.25) is 0 Å². The Balaban J connectivity index is 2.08. The Hall–Kier alpha value is -0.880. The first-order valence-corrected chi connectivity index (χ1v) is 6.11. The predicted molar refractivity (Wildman–Crippen MR) is 50.5 cm³/mol. The van der Waals surface area contributed by atoms with Crippen LogP contribution in [0, 0.1) is 5.92 Å². The van der Waals surface area contributed by atoms with Crippen LogP contribution in [0.25, 0.3) is 0 Å². The largest absolute Gasteiger partial charge is 0.335 e. The molecular formula is C8H12N2O3S. The molecule has 0 bridgehead atoms. The monoisotopic (exact) mass is 216 g/mol. The fourth-order valence-corrected chi connectivity index (χ4v) is 2.74. The van der Waals surface area contributed by atoms with Gasteiger partial charge in [-0.3, -0.25) is 4.55 Å². The summed E-state index contributed by atoms with van der Waals surface area (Å²) in [6.07, 6.45) is 5.11. The molecule has 0 fully saturated rings. The summed E-state index contributed by atoms with van der Waals surface area (Å²) in [5.41, 5.74) is 0. The molecule has 2 heterocycles. The lowest BCUT2D eigenvalue weighted by atomic mass is 10.0. The highest BCUT2D eigenvalue weighted by molar-refractivity contribution is 7.85. The third-order valence-electron chi connectivity index (χ3n) is 2.48. The van der Waals surface area contributed by atoms with E-state index in [0.29, 0.717) is 6.54 Å². The van der Waals surface area contributed by atoms with E-state index in [9.17, 15) is 8.42 Å². The summed E-state index contributed by atoms with van der Waals surface area (Å²) < 4.78 is 32.0. The van der Waals surface area contributed by atoms with E-state index in [2.05, 4.69) is 4.98 Å². The molecule has 5 nitrogen and oxygen atoms in total. The second-order valence-electron chi connectivity index (χ2n) is 3.65. The Morgan fingerprint density at radius 1 is 1.64 bits per heavy atom. The molecule has 0 aliphatic carbocycles. The Morgan fingerprint density at radius 3 is 3.14 bits per heavy atom. The minimum absolute atomic E-state index is 0.00620. The van der Waals surface area contributed by atoms with Crippen LogP contribution in [0.4, 0.5) is 0 Å². The fourth-order valence-electron chi connectivity index (χ4n) is 1.87. The highest BCUT2D eigenvalue weighted by atomic mass is 32.2. The predicted octanol–water partition coefficient (Wildman–Crippen LogP) is 0.333. The molecular weight excluding hydrogens is 204 g/mol. The number of nitrogens with zero attached hydrogens (tertiary/aromatic N) is 2. The average molecular weight is 216 g/mol. The van der Waals surface area contributed by atoms with Crippen LogP contribution in [0.15, 0.2) is 12.4 Å². The third kappa shape index (κ3) is 2.13. The van der Waals surface area contributed by atoms with Crippen molar-refractivity contribution in [1.29, 1.82) is 0 Å². The van der Waals surface area contributed by atoms with Gasteiger partial charge in [-0.1, -0.05) is 0 Å². The van der Waals surface area contributed by atoms with Gasteiger partial charge in [-0.2, -0.15) is 8.42 Å². The van der Waals surface area contributed by atoms with Crippen LogP contribution in [0.3, 0.4) is 0 Å². The van der Waals surface area contributed by atoms with Crippen LogP contribution in [0.5, 0.6) is 0 Å². The summed E-state index contributed by atoms with van der Waals surface area (Å²) in [4.78, 5) is 4.14. The summed E-state index contributed by atoms with van der Waals surface area (Å²) in [6.45, 7) is 0.634. The van der Waals surface area contributed by atoms with Gasteiger partial charge in [-0.25, -0.2) is 4.98 Å². The first-order chi connectivity index (χ1) is 6.54. The SMILES string of the molecule is O=S(=O)(O)CC1CCc2nccn2C1. The molecule has 1 aromatic heterocycles. The van der Waals surface area contributed by atoms with Crippen molar-refractivity contribution < 1.29 is 13.0 Å². The molecule has 78 valence electrons. The van der Waals surface area contributed by atoms with Gasteiger partial charge in [0.05, 0.1) is 5.75 Å². The summed E-state index contributed by atoms with van der Waals surface area (Å²) >= 11 is 0. The second kappa shape index (κ2) is 3.36. The maximum absolute atomic E-state index is 10.7. The lowest BCUT2D eigenvalue weighted by Crippen LogP contribution is -2.26. The molecule has 0 saturated carbocycles. The molecule has 0 aromatic carbocycles. The zero-order valence-electron chi connectivity index (χ0n) is 7.63. The highest BCUT2D eigenvalue weighted by Gasteiger charge is 2.22. The average Bonchev–Trinajstić information content (AvgIpc) is 2.47. The topological polar surface area (TPSA) is 72.2 Å². The maximum atomic E-state index is 10.7. The van der Waals surface area contributed by atoms with Gasteiger partial charge in [0.25, 0.3) is 10.1 Å². The number of hydrogen-bond donors (Lipinski definition) is 1. The lowest BCUT2D eigenvalue weighted by molar-refractivity contribution is 0.380. The van der Waals surface area contributed by atoms with Crippen molar-refractivity contribution in [3.8, 4) is 0 Å². The quantitative estimate of drug-likeness (QED) is 0.723. The van der Waals surface area contributed by atoms with Crippen LogP contribution >= 0.6 is 0 Å². The molecule has 0 radical (unpaired) electrons. The van der Waals surface area contributed by atoms with Crippen molar-refractivity contribution in [1.82, 2.24) is 9.55 Å². The molecule has 1 atom stereocenters. The van der Waals surface area contributed by atoms with Gasteiger partial charge in [-0.15, -0.1) is 0 Å². The molecule has 1 aliphatic rings. The molecule has 0 amide bonds. The first kappa shape index (κ1) is 9.67. The number of rotatable bonds is 2. The normalized spacial score (nSPS) is 21.9. The van der Waals surface area contributed by atoms with Crippen molar-refractivity contribution in [3.05, 3.63) is 18.2 Å². The first-order valence-electron chi connectivity index (χ1n) is 4.50. The molecule has 0 saturated heterocycles. The van der Waals surface area contributed by atoms with Crippen LogP contribution in [-0.2, 0) is 23.1 Å². The number of fused-ring (bicyclic) bond motifs is 1. The van der Waals surface area contributed by atoms with Crippen molar-refractivity contribution in [2.24, 2.45) is 5.92 Å². The van der Waals surface area contributed by atoms with Crippen molar-refractivity contribution in [2.45, 2.75) is 19.4 Å². The van der Waals surface area contributed by atoms with Crippen LogP contribution in [0.1, 0.15) is 12.2 Å². The van der Waals surface area contributed by atoms with Gasteiger partial charge < -0.3 is 4.57 Å². The van der Waals surface area contributed by atoms with Crippen molar-refractivity contribution in [2.75, 3.05) is 5.75 Å². The van der Waals surface area contributed by atoms with E-state index < -0.39 is 10.1 Å². The van der Waals surface area contributed by atoms with Gasteiger partial charge in [0, 0.05) is 25.4 Å². The van der Waals surface area contributed by atoms with Gasteiger partial charge in [-0.05, 0) is 12.3 Å². The number of hydrogen-bond acceptors (Lipinski definition) is 3. The van der Waals surface area contributed by atoms with Gasteiger partial charge in [0.15, 0.2) is 0 Å². The fraction of sp³-hybridized carbons (Fsp3) is 0.625. The van der Waals surface area contributed by atoms with E-state index >= 15 is 0 Å². The highest BCUT2D eigenvalue weighted by Crippen LogP contribution is 2.19. The van der Waals surface area contributed by atoms with Crippen molar-refractivity contribution in [3.63, 3.8) is 0 Å². The van der Waals surface area contributed by atoms with E-state index in [0.717, 1.165) is 18.7 Å². The van der Waals surface area contributed by atoms with Crippen LogP contribution in [-0.4, -0.2) is 28.3 Å². The molecule has 0 spiro atoms. The second-order valence-corrected chi connectivity index (χ2v) is 5.15. The molecule has 1 unspecified atom stereocenters. The lowest BCUT2D eigenvalue weighted by Gasteiger charge is -2.22. The standard InChI is InChI=1S/C8H12N2O3S/c11-14(12,13)6-7-1-2-8-9-3-4-10(8)5-7/h3-4,7H,1-2,5-6H2,(H,11,12,13). The molecule has 1 N–H and O–H groups in total. The Kier molecular flexibility index (Phi) is 2.32. The molecule has 1 aliphatic heterocycles. The summed E-state index contributed by atoms with van der Waals surface area (Å²) in [5, 5.41) is 0. The van der Waals surface area contributed by atoms with Crippen molar-refractivity contribution >= 4 is 10.1 Å². The molecule has 14 heavy (non-hydrogen) atoms. The van der Waals surface area contributed by atoms with Gasteiger partial charge in [0.1, 0.15) is 5.82 Å². The van der Waals surface area contributed by atoms with E-state index in [1.54, 1.807) is 6.20 Å². The van der Waals surface area contributed by atoms with E-state index in [1.165, 1.54) is 0 Å². The number of imidazole rings is 1. The number of aryl methyl sites for hydroxylation is 1. The summed E-state index contributed by atoms with van der Waals surface area (Å²) in [5.74, 6) is 0.855. The number of aromatic nitrogens is 2. The smallest absolute Gasteiger partial charge is 0.265 e. The van der Waals surface area contributed by atoms with E-state index in [-0.39, 0.29) is 11.7 Å². The van der Waals surface area contributed by atoms with E-state index in [1.807, 2.05) is 10.8 Å². The maximum Gasteiger partial charge on any atom is 0.265 e. The zero-order valence-corrected chi connectivity index (χ0v) is 8.44. The molecule has 2 rings (SSSR count). The zero-order chi connectivity index (χ0) is 10.2. The molecule has 6 heteroatoms. The Morgan fingerprint density at radius 2 is 2.43 bits per heavy atom. The summed E-state index contributed by atoms with van der Waals surface area (Å²) in [6, 6.07) is 0. The third-order valence-corrected chi connectivity index (χ3v) is 3.37. The minimum atomic E-state index is -3.84. The minimum Gasteiger partial charge on any atom is -0.335 e. The van der Waals surface area contributed by atoms with Crippen LogP contribution in [0.2, 0.25) is 0 Å². The Bertz CT molecular complexity index is 424. The van der Waals surface area contributed by atoms with Crippen LogP contribution < -0.4 is 0 Å². The van der Waals surface area contributed by atoms with E-state index in [4.69, 9.17) is 4.55 Å². The van der Waals surface area contributed by atoms with Gasteiger partial charge >= 0.3 is 0 Å². The molecule has 1 aromatic rings.